The van der Waals surface area contributed by atoms with Gasteiger partial charge >= 0.3 is 11.7 Å². The molecule has 1 aromatic carbocycles. The number of carbonyl (C=O) groups is 3. The predicted molar refractivity (Wildman–Crippen MR) is 109 cm³/mol. The molecule has 30 heavy (non-hydrogen) atoms. The van der Waals surface area contributed by atoms with Gasteiger partial charge in [0.15, 0.2) is 5.58 Å². The van der Waals surface area contributed by atoms with E-state index in [0.717, 1.165) is 6.42 Å². The molecule has 1 saturated heterocycles. The zero-order chi connectivity index (χ0) is 21.7. The Balaban J connectivity index is 1.53. The van der Waals surface area contributed by atoms with Crippen molar-refractivity contribution in [2.45, 2.75) is 32.7 Å². The van der Waals surface area contributed by atoms with Crippen molar-refractivity contribution >= 4 is 28.9 Å². The molecule has 0 aliphatic carbocycles. The molecule has 3 rings (SSSR count). The van der Waals surface area contributed by atoms with E-state index in [1.54, 1.807) is 43.1 Å². The summed E-state index contributed by atoms with van der Waals surface area (Å²) in [4.78, 5) is 52.0. The molecule has 0 N–H and O–H groups in total. The first-order valence-corrected chi connectivity index (χ1v) is 10.2. The van der Waals surface area contributed by atoms with Gasteiger partial charge in [0.25, 0.3) is 0 Å². The molecule has 162 valence electrons. The Kier molecular flexibility index (Phi) is 6.91. The van der Waals surface area contributed by atoms with Crippen LogP contribution in [0.15, 0.2) is 33.5 Å². The number of hydrogen-bond donors (Lipinski definition) is 0. The number of carbonyl (C=O) groups excluding carboxylic acids is 3. The standard InChI is InChI=1S/C21H27N3O6/c1-3-29-20(27)15-7-6-11-23(13-15)19(26)14-22(2)18(25)10-12-24-16-8-4-5-9-17(16)30-21(24)28/h4-5,8-9,15H,3,6-7,10-14H2,1-2H3. The molecule has 1 aromatic heterocycles. The van der Waals surface area contributed by atoms with Crippen LogP contribution >= 0.6 is 0 Å². The topological polar surface area (TPSA) is 102 Å². The number of likely N-dealkylation sites (tertiary alicyclic amines) is 1. The van der Waals surface area contributed by atoms with Crippen LogP contribution in [0.3, 0.4) is 0 Å². The molecule has 0 bridgehead atoms. The molecule has 2 amide bonds. The number of likely N-dealkylation sites (N-methyl/N-ethyl adjacent to an activating group) is 1. The monoisotopic (exact) mass is 417 g/mol. The number of esters is 1. The molecule has 1 unspecified atom stereocenters. The lowest BCUT2D eigenvalue weighted by atomic mass is 9.98. The second kappa shape index (κ2) is 9.60. The smallest absolute Gasteiger partial charge is 0.419 e. The van der Waals surface area contributed by atoms with Crippen LogP contribution in [0.5, 0.6) is 0 Å². The third-order valence-corrected chi connectivity index (χ3v) is 5.32. The Morgan fingerprint density at radius 2 is 2.03 bits per heavy atom. The molecule has 9 heteroatoms. The van der Waals surface area contributed by atoms with Crippen LogP contribution in [0.2, 0.25) is 0 Å². The molecule has 2 aromatic rings. The van der Waals surface area contributed by atoms with Gasteiger partial charge in [0.05, 0.1) is 24.6 Å². The van der Waals surface area contributed by atoms with Gasteiger partial charge in [-0.05, 0) is 31.9 Å². The van der Waals surface area contributed by atoms with E-state index >= 15 is 0 Å². The van der Waals surface area contributed by atoms with Crippen molar-refractivity contribution in [3.8, 4) is 0 Å². The van der Waals surface area contributed by atoms with Crippen LogP contribution in [-0.2, 0) is 25.7 Å². The van der Waals surface area contributed by atoms with Gasteiger partial charge in [0, 0.05) is 33.1 Å². The van der Waals surface area contributed by atoms with Gasteiger partial charge in [-0.3, -0.25) is 19.0 Å². The highest BCUT2D eigenvalue weighted by atomic mass is 16.5. The van der Waals surface area contributed by atoms with Crippen LogP contribution in [0.25, 0.3) is 11.1 Å². The van der Waals surface area contributed by atoms with Crippen molar-refractivity contribution < 1.29 is 23.5 Å². The van der Waals surface area contributed by atoms with E-state index in [0.29, 0.717) is 37.2 Å². The maximum absolute atomic E-state index is 12.6. The number of rotatable bonds is 7. The summed E-state index contributed by atoms with van der Waals surface area (Å²) in [7, 11) is 1.56. The minimum Gasteiger partial charge on any atom is -0.466 e. The van der Waals surface area contributed by atoms with Crippen molar-refractivity contribution in [2.75, 3.05) is 33.3 Å². The fraction of sp³-hybridized carbons (Fsp3) is 0.524. The lowest BCUT2D eigenvalue weighted by molar-refractivity contribution is -0.152. The highest BCUT2D eigenvalue weighted by Crippen LogP contribution is 2.18. The molecule has 2 heterocycles. The SMILES string of the molecule is CCOC(=O)C1CCCN(C(=O)CN(C)C(=O)CCn2c(=O)oc3ccccc32)C1. The summed E-state index contributed by atoms with van der Waals surface area (Å²) in [6, 6.07) is 7.02. The van der Waals surface area contributed by atoms with Crippen LogP contribution in [0.4, 0.5) is 0 Å². The van der Waals surface area contributed by atoms with Crippen molar-refractivity contribution in [3.05, 3.63) is 34.8 Å². The van der Waals surface area contributed by atoms with Gasteiger partial charge in [-0.15, -0.1) is 0 Å². The normalized spacial score (nSPS) is 16.5. The number of amides is 2. The van der Waals surface area contributed by atoms with Gasteiger partial charge in [0.1, 0.15) is 0 Å². The molecular weight excluding hydrogens is 390 g/mol. The third kappa shape index (κ3) is 4.90. The van der Waals surface area contributed by atoms with Gasteiger partial charge in [0.2, 0.25) is 11.8 Å². The average Bonchev–Trinajstić information content (AvgIpc) is 3.07. The molecule has 1 aliphatic heterocycles. The van der Waals surface area contributed by atoms with E-state index in [2.05, 4.69) is 0 Å². The van der Waals surface area contributed by atoms with Crippen LogP contribution in [-0.4, -0.2) is 65.4 Å². The Morgan fingerprint density at radius 3 is 2.80 bits per heavy atom. The number of nitrogens with zero attached hydrogens (tertiary/aromatic N) is 3. The molecule has 1 atom stereocenters. The second-order valence-electron chi connectivity index (χ2n) is 7.42. The number of aromatic nitrogens is 1. The molecule has 0 radical (unpaired) electrons. The Labute approximate surface area is 174 Å². The first-order valence-electron chi connectivity index (χ1n) is 10.2. The Hall–Kier alpha value is -3.10. The summed E-state index contributed by atoms with van der Waals surface area (Å²) >= 11 is 0. The quantitative estimate of drug-likeness (QED) is 0.628. The fourth-order valence-electron chi connectivity index (χ4n) is 3.67. The maximum Gasteiger partial charge on any atom is 0.419 e. The molecule has 1 aliphatic rings. The number of para-hydroxylation sites is 2. The summed E-state index contributed by atoms with van der Waals surface area (Å²) in [6.07, 6.45) is 1.49. The number of piperidine rings is 1. The van der Waals surface area contributed by atoms with E-state index in [4.69, 9.17) is 9.15 Å². The fourth-order valence-corrected chi connectivity index (χ4v) is 3.67. The minimum atomic E-state index is -0.513. The van der Waals surface area contributed by atoms with Crippen LogP contribution in [0.1, 0.15) is 26.2 Å². The number of aryl methyl sites for hydroxylation is 1. The maximum atomic E-state index is 12.6. The largest absolute Gasteiger partial charge is 0.466 e. The zero-order valence-electron chi connectivity index (χ0n) is 17.3. The Morgan fingerprint density at radius 1 is 1.27 bits per heavy atom. The van der Waals surface area contributed by atoms with E-state index < -0.39 is 5.76 Å². The van der Waals surface area contributed by atoms with Gasteiger partial charge in [-0.2, -0.15) is 0 Å². The summed E-state index contributed by atoms with van der Waals surface area (Å²) in [6.45, 7) is 3.04. The van der Waals surface area contributed by atoms with E-state index in [-0.39, 0.29) is 43.2 Å². The van der Waals surface area contributed by atoms with Gasteiger partial charge in [-0.1, -0.05) is 12.1 Å². The predicted octanol–water partition coefficient (Wildman–Crippen LogP) is 1.24. The van der Waals surface area contributed by atoms with E-state index in [1.165, 1.54) is 9.47 Å². The van der Waals surface area contributed by atoms with E-state index in [1.807, 2.05) is 0 Å². The molecular formula is C21H27N3O6. The summed E-state index contributed by atoms with van der Waals surface area (Å²) in [5.41, 5.74) is 1.10. The minimum absolute atomic E-state index is 0.0681. The van der Waals surface area contributed by atoms with Gasteiger partial charge in [-0.25, -0.2) is 4.79 Å². The lowest BCUT2D eigenvalue weighted by Gasteiger charge is -2.32. The summed E-state index contributed by atoms with van der Waals surface area (Å²) in [5, 5.41) is 0. The molecule has 9 nitrogen and oxygen atoms in total. The summed E-state index contributed by atoms with van der Waals surface area (Å²) in [5.74, 6) is -1.56. The number of benzene rings is 1. The molecule has 1 fully saturated rings. The lowest BCUT2D eigenvalue weighted by Crippen LogP contribution is -2.47. The number of fused-ring (bicyclic) bond motifs is 1. The first-order chi connectivity index (χ1) is 14.4. The van der Waals surface area contributed by atoms with Crippen LogP contribution < -0.4 is 5.76 Å². The molecule has 0 saturated carbocycles. The molecule has 0 spiro atoms. The van der Waals surface area contributed by atoms with E-state index in [9.17, 15) is 19.2 Å². The van der Waals surface area contributed by atoms with Crippen LogP contribution in [0, 0.1) is 5.92 Å². The second-order valence-corrected chi connectivity index (χ2v) is 7.42. The number of hydrogen-bond acceptors (Lipinski definition) is 6. The Bertz CT molecular complexity index is 979. The van der Waals surface area contributed by atoms with Crippen molar-refractivity contribution in [3.63, 3.8) is 0 Å². The van der Waals surface area contributed by atoms with Crippen molar-refractivity contribution in [1.29, 1.82) is 0 Å². The number of oxazole rings is 1. The highest BCUT2D eigenvalue weighted by molar-refractivity contribution is 5.85. The third-order valence-electron chi connectivity index (χ3n) is 5.32. The summed E-state index contributed by atoms with van der Waals surface area (Å²) < 4.78 is 11.6. The van der Waals surface area contributed by atoms with Gasteiger partial charge < -0.3 is 19.0 Å². The first kappa shape index (κ1) is 21.6. The highest BCUT2D eigenvalue weighted by Gasteiger charge is 2.30. The number of ether oxygens (including phenoxy) is 1. The zero-order valence-corrected chi connectivity index (χ0v) is 17.3. The van der Waals surface area contributed by atoms with Crippen molar-refractivity contribution in [1.82, 2.24) is 14.4 Å². The van der Waals surface area contributed by atoms with Crippen molar-refractivity contribution in [2.24, 2.45) is 5.92 Å². The average molecular weight is 417 g/mol.